The molecule has 1 aliphatic rings. The Bertz CT molecular complexity index is 352. The van der Waals surface area contributed by atoms with Crippen LogP contribution in [0.1, 0.15) is 11.1 Å². The molecule has 0 bridgehead atoms. The molecule has 0 unspecified atom stereocenters. The molecule has 1 aliphatic heterocycles. The highest BCUT2D eigenvalue weighted by Gasteiger charge is 2.16. The van der Waals surface area contributed by atoms with Crippen molar-refractivity contribution < 1.29 is 9.53 Å². The maximum atomic E-state index is 11.1. The Morgan fingerprint density at radius 2 is 2.21 bits per heavy atom. The van der Waals surface area contributed by atoms with Crippen LogP contribution in [0.5, 0.6) is 5.75 Å². The summed E-state index contributed by atoms with van der Waals surface area (Å²) in [7, 11) is 0. The van der Waals surface area contributed by atoms with Gasteiger partial charge >= 0.3 is 0 Å². The van der Waals surface area contributed by atoms with Gasteiger partial charge in [-0.25, -0.2) is 0 Å². The first-order chi connectivity index (χ1) is 6.29. The molecular weight excluding hydrogens is 202 g/mol. The van der Waals surface area contributed by atoms with Crippen LogP contribution in [0.25, 0.3) is 0 Å². The van der Waals surface area contributed by atoms with E-state index in [1.807, 2.05) is 18.2 Å². The summed E-state index contributed by atoms with van der Waals surface area (Å²) in [6, 6.07) is 5.74. The van der Waals surface area contributed by atoms with Crippen molar-refractivity contribution in [3.63, 3.8) is 0 Å². The maximum absolute atomic E-state index is 11.1. The van der Waals surface area contributed by atoms with E-state index in [1.54, 1.807) is 0 Å². The van der Waals surface area contributed by atoms with Gasteiger partial charge in [-0.3, -0.25) is 4.79 Å². The minimum atomic E-state index is 0. The topological polar surface area (TPSA) is 52.3 Å². The predicted molar refractivity (Wildman–Crippen MR) is 55.8 cm³/mol. The minimum absolute atomic E-state index is 0. The van der Waals surface area contributed by atoms with Crippen molar-refractivity contribution in [2.75, 3.05) is 6.61 Å². The quantitative estimate of drug-likeness (QED) is 0.760. The lowest BCUT2D eigenvalue weighted by Crippen LogP contribution is -2.20. The molecule has 0 saturated heterocycles. The van der Waals surface area contributed by atoms with Crippen LogP contribution < -0.4 is 10.5 Å². The summed E-state index contributed by atoms with van der Waals surface area (Å²) < 4.78 is 5.24. The van der Waals surface area contributed by atoms with Crippen molar-refractivity contribution in [2.24, 2.45) is 5.73 Å². The molecule has 1 aromatic rings. The summed E-state index contributed by atoms with van der Waals surface area (Å²) in [4.78, 5) is 11.1. The lowest BCUT2D eigenvalue weighted by Gasteiger charge is -2.16. The van der Waals surface area contributed by atoms with Crippen molar-refractivity contribution in [1.29, 1.82) is 0 Å². The van der Waals surface area contributed by atoms with E-state index in [1.165, 1.54) is 0 Å². The van der Waals surface area contributed by atoms with Gasteiger partial charge in [0.1, 0.15) is 12.4 Å². The smallest absolute Gasteiger partial charge is 0.174 e. The number of nitrogens with two attached hydrogens (primary N) is 1. The molecule has 0 saturated carbocycles. The van der Waals surface area contributed by atoms with Crippen LogP contribution in [0, 0.1) is 0 Å². The molecule has 0 radical (unpaired) electrons. The molecule has 0 atom stereocenters. The molecule has 0 amide bonds. The third-order valence-corrected chi connectivity index (χ3v) is 2.14. The van der Waals surface area contributed by atoms with Crippen LogP contribution >= 0.6 is 12.4 Å². The van der Waals surface area contributed by atoms with Gasteiger partial charge in [0.25, 0.3) is 0 Å². The summed E-state index contributed by atoms with van der Waals surface area (Å²) in [6.07, 6.45) is 0.475. The number of ketones is 1. The van der Waals surface area contributed by atoms with E-state index in [0.717, 1.165) is 16.9 Å². The summed E-state index contributed by atoms with van der Waals surface area (Å²) in [5.74, 6) is 0.943. The van der Waals surface area contributed by atoms with Crippen molar-refractivity contribution in [3.8, 4) is 5.75 Å². The second kappa shape index (κ2) is 4.44. The van der Waals surface area contributed by atoms with Gasteiger partial charge in [0.05, 0.1) is 0 Å². The lowest BCUT2D eigenvalue weighted by molar-refractivity contribution is -0.121. The highest BCUT2D eigenvalue weighted by atomic mass is 35.5. The van der Waals surface area contributed by atoms with Crippen molar-refractivity contribution in [3.05, 3.63) is 29.3 Å². The SMILES string of the molecule is Cl.NCc1ccc2c(c1)CC(=O)CO2. The number of carbonyl (C=O) groups excluding carboxylic acids is 1. The normalized spacial score (nSPS) is 13.9. The van der Waals surface area contributed by atoms with Gasteiger partial charge in [0.2, 0.25) is 0 Å². The summed E-state index contributed by atoms with van der Waals surface area (Å²) >= 11 is 0. The average Bonchev–Trinajstić information content (AvgIpc) is 2.16. The second-order valence-electron chi connectivity index (χ2n) is 3.15. The van der Waals surface area contributed by atoms with E-state index in [9.17, 15) is 4.79 Å². The Labute approximate surface area is 88.7 Å². The van der Waals surface area contributed by atoms with E-state index >= 15 is 0 Å². The first kappa shape index (κ1) is 11.0. The number of ether oxygens (including phenoxy) is 1. The first-order valence-electron chi connectivity index (χ1n) is 4.26. The number of halogens is 1. The Hall–Kier alpha value is -1.06. The number of carbonyl (C=O) groups is 1. The standard InChI is InChI=1S/C10H11NO2.ClH/c11-5-7-1-2-10-8(3-7)4-9(12)6-13-10;/h1-3H,4-6,11H2;1H. The zero-order valence-corrected chi connectivity index (χ0v) is 8.47. The molecule has 4 heteroatoms. The minimum Gasteiger partial charge on any atom is -0.486 e. The zero-order valence-electron chi connectivity index (χ0n) is 7.66. The van der Waals surface area contributed by atoms with E-state index in [0.29, 0.717) is 13.0 Å². The number of Topliss-reactive ketones (excluding diaryl/α,β-unsaturated/α-hetero) is 1. The monoisotopic (exact) mass is 213 g/mol. The average molecular weight is 214 g/mol. The van der Waals surface area contributed by atoms with Crippen molar-refractivity contribution in [1.82, 2.24) is 0 Å². The molecule has 2 rings (SSSR count). The lowest BCUT2D eigenvalue weighted by atomic mass is 10.0. The molecule has 0 spiro atoms. The van der Waals surface area contributed by atoms with Crippen LogP contribution in [0.15, 0.2) is 18.2 Å². The van der Waals surface area contributed by atoms with E-state index in [-0.39, 0.29) is 24.8 Å². The Kier molecular flexibility index (Phi) is 3.49. The molecule has 0 aliphatic carbocycles. The van der Waals surface area contributed by atoms with Crippen molar-refractivity contribution in [2.45, 2.75) is 13.0 Å². The van der Waals surface area contributed by atoms with Crippen LogP contribution in [0.2, 0.25) is 0 Å². The van der Waals surface area contributed by atoms with Crippen LogP contribution in [-0.2, 0) is 17.8 Å². The van der Waals surface area contributed by atoms with Gasteiger partial charge in [-0.1, -0.05) is 12.1 Å². The van der Waals surface area contributed by atoms with Crippen LogP contribution in [-0.4, -0.2) is 12.4 Å². The van der Waals surface area contributed by atoms with E-state index < -0.39 is 0 Å². The number of hydrogen-bond acceptors (Lipinski definition) is 3. The molecule has 1 aromatic carbocycles. The summed E-state index contributed by atoms with van der Waals surface area (Å²) in [5, 5.41) is 0. The van der Waals surface area contributed by atoms with Crippen LogP contribution in [0.3, 0.4) is 0 Å². The van der Waals surface area contributed by atoms with Crippen LogP contribution in [0.4, 0.5) is 0 Å². The van der Waals surface area contributed by atoms with Gasteiger partial charge in [-0.2, -0.15) is 0 Å². The number of benzene rings is 1. The molecular formula is C10H12ClNO2. The summed E-state index contributed by atoms with van der Waals surface area (Å²) in [5.41, 5.74) is 7.49. The fourth-order valence-electron chi connectivity index (χ4n) is 1.46. The highest BCUT2D eigenvalue weighted by Crippen LogP contribution is 2.24. The maximum Gasteiger partial charge on any atom is 0.174 e. The zero-order chi connectivity index (χ0) is 9.26. The van der Waals surface area contributed by atoms with E-state index in [2.05, 4.69) is 0 Å². The Balaban J connectivity index is 0.000000980. The molecule has 14 heavy (non-hydrogen) atoms. The van der Waals surface area contributed by atoms with Crippen molar-refractivity contribution >= 4 is 18.2 Å². The second-order valence-corrected chi connectivity index (χ2v) is 3.15. The predicted octanol–water partition coefficient (Wildman–Crippen LogP) is 1.07. The molecule has 0 fully saturated rings. The number of hydrogen-bond donors (Lipinski definition) is 1. The van der Waals surface area contributed by atoms with Gasteiger partial charge in [0, 0.05) is 18.5 Å². The number of fused-ring (bicyclic) bond motifs is 1. The van der Waals surface area contributed by atoms with E-state index in [4.69, 9.17) is 10.5 Å². The molecule has 76 valence electrons. The molecule has 1 heterocycles. The molecule has 0 aromatic heterocycles. The number of rotatable bonds is 1. The fraction of sp³-hybridized carbons (Fsp3) is 0.300. The first-order valence-corrected chi connectivity index (χ1v) is 4.26. The van der Waals surface area contributed by atoms with Gasteiger partial charge < -0.3 is 10.5 Å². The molecule has 3 nitrogen and oxygen atoms in total. The summed E-state index contributed by atoms with van der Waals surface area (Å²) in [6.45, 7) is 0.705. The Morgan fingerprint density at radius 3 is 2.93 bits per heavy atom. The highest BCUT2D eigenvalue weighted by molar-refractivity contribution is 5.85. The van der Waals surface area contributed by atoms with Gasteiger partial charge in [-0.05, 0) is 11.6 Å². The third kappa shape index (κ3) is 2.05. The Morgan fingerprint density at radius 1 is 1.43 bits per heavy atom. The molecule has 2 N–H and O–H groups in total. The largest absolute Gasteiger partial charge is 0.486 e. The fourth-order valence-corrected chi connectivity index (χ4v) is 1.46. The third-order valence-electron chi connectivity index (χ3n) is 2.14. The van der Waals surface area contributed by atoms with Gasteiger partial charge in [0.15, 0.2) is 5.78 Å². The van der Waals surface area contributed by atoms with Gasteiger partial charge in [-0.15, -0.1) is 12.4 Å².